The van der Waals surface area contributed by atoms with Crippen LogP contribution in [0, 0.1) is 5.82 Å². The Kier molecular flexibility index (Phi) is 7.69. The molecule has 180 valence electrons. The molecule has 4 aromatic rings. The highest BCUT2D eigenvalue weighted by Crippen LogP contribution is 2.29. The van der Waals surface area contributed by atoms with Crippen LogP contribution in [0.15, 0.2) is 60.8 Å². The van der Waals surface area contributed by atoms with Gasteiger partial charge in [-0.2, -0.15) is 4.98 Å². The number of methoxy groups -OCH3 is 1. The molecular weight excluding hydrogens is 475 g/mol. The van der Waals surface area contributed by atoms with E-state index in [1.807, 2.05) is 30.3 Å². The highest BCUT2D eigenvalue weighted by molar-refractivity contribution is 6.29. The highest BCUT2D eigenvalue weighted by Gasteiger charge is 2.21. The summed E-state index contributed by atoms with van der Waals surface area (Å²) in [5, 5.41) is 0.504. The Morgan fingerprint density at radius 2 is 1.94 bits per heavy atom. The van der Waals surface area contributed by atoms with Crippen molar-refractivity contribution in [1.29, 1.82) is 0 Å². The Morgan fingerprint density at radius 3 is 2.71 bits per heavy atom. The number of carbonyl (C=O) groups excluding carboxylic acids is 1. The number of esters is 1. The van der Waals surface area contributed by atoms with Gasteiger partial charge in [-0.3, -0.25) is 4.98 Å². The van der Waals surface area contributed by atoms with E-state index in [1.54, 1.807) is 12.1 Å². The second kappa shape index (κ2) is 11.1. The van der Waals surface area contributed by atoms with Crippen LogP contribution >= 0.6 is 11.6 Å². The average Bonchev–Trinajstić information content (AvgIpc) is 2.85. The maximum atomic E-state index is 14.0. The Balaban J connectivity index is 1.54. The Hall–Kier alpha value is -3.82. The maximum absolute atomic E-state index is 14.0. The number of benzene rings is 2. The minimum absolute atomic E-state index is 0.0193. The molecule has 0 bridgehead atoms. The number of fused-ring (bicyclic) bond motifs is 1. The van der Waals surface area contributed by atoms with Gasteiger partial charge in [0.1, 0.15) is 41.3 Å². The molecule has 0 saturated carbocycles. The lowest BCUT2D eigenvalue weighted by molar-refractivity contribution is 0.0470. The number of nitrogens with two attached hydrogens (primary N) is 1. The number of nitrogens with zero attached hydrogens (tertiary/aromatic N) is 3. The van der Waals surface area contributed by atoms with Gasteiger partial charge in [0.2, 0.25) is 5.88 Å². The van der Waals surface area contributed by atoms with Gasteiger partial charge in [0.05, 0.1) is 18.8 Å². The molecule has 0 aliphatic rings. The van der Waals surface area contributed by atoms with Crippen molar-refractivity contribution in [3.8, 4) is 11.6 Å². The molecule has 2 aromatic heterocycles. The molecule has 8 nitrogen and oxygen atoms in total. The van der Waals surface area contributed by atoms with Gasteiger partial charge in [0.25, 0.3) is 0 Å². The first-order valence-corrected chi connectivity index (χ1v) is 11.1. The molecule has 35 heavy (non-hydrogen) atoms. The van der Waals surface area contributed by atoms with Gasteiger partial charge in [-0.15, -0.1) is 0 Å². The fourth-order valence-electron chi connectivity index (χ4n) is 3.41. The molecule has 0 amide bonds. The number of aromatic nitrogens is 3. The van der Waals surface area contributed by atoms with Crippen LogP contribution in [0.3, 0.4) is 0 Å². The number of hydrogen-bond acceptors (Lipinski definition) is 8. The third kappa shape index (κ3) is 6.20. The van der Waals surface area contributed by atoms with Crippen molar-refractivity contribution in [2.24, 2.45) is 5.73 Å². The first-order valence-electron chi connectivity index (χ1n) is 10.7. The predicted molar refractivity (Wildman–Crippen MR) is 128 cm³/mol. The van der Waals surface area contributed by atoms with Gasteiger partial charge in [0, 0.05) is 23.9 Å². The summed E-state index contributed by atoms with van der Waals surface area (Å²) in [6.07, 6.45) is 1.32. The number of pyridine rings is 1. The second-order valence-corrected chi connectivity index (χ2v) is 8.03. The van der Waals surface area contributed by atoms with E-state index in [1.165, 1.54) is 19.2 Å². The van der Waals surface area contributed by atoms with Crippen LogP contribution < -0.4 is 15.2 Å². The molecule has 0 aliphatic heterocycles. The Labute approximate surface area is 205 Å². The Bertz CT molecular complexity index is 1340. The van der Waals surface area contributed by atoms with Crippen molar-refractivity contribution in [1.82, 2.24) is 15.0 Å². The second-order valence-electron chi connectivity index (χ2n) is 7.65. The molecule has 0 fully saturated rings. The summed E-state index contributed by atoms with van der Waals surface area (Å²) in [7, 11) is 1.47. The molecule has 0 unspecified atom stereocenters. The normalized spacial score (nSPS) is 11.8. The van der Waals surface area contributed by atoms with E-state index in [2.05, 4.69) is 15.0 Å². The van der Waals surface area contributed by atoms with Crippen LogP contribution in [0.5, 0.6) is 11.6 Å². The Morgan fingerprint density at radius 1 is 1.14 bits per heavy atom. The van der Waals surface area contributed by atoms with E-state index in [9.17, 15) is 9.18 Å². The van der Waals surface area contributed by atoms with Crippen LogP contribution in [0.1, 0.15) is 21.7 Å². The molecule has 10 heteroatoms. The molecule has 2 aromatic carbocycles. The third-order valence-electron chi connectivity index (χ3n) is 5.03. The smallest absolute Gasteiger partial charge is 0.342 e. The molecule has 2 N–H and O–H groups in total. The van der Waals surface area contributed by atoms with E-state index in [0.717, 1.165) is 11.8 Å². The van der Waals surface area contributed by atoms with Crippen molar-refractivity contribution in [2.75, 3.05) is 13.7 Å². The van der Waals surface area contributed by atoms with E-state index >= 15 is 0 Å². The quantitative estimate of drug-likeness (QED) is 0.272. The molecule has 0 spiro atoms. The van der Waals surface area contributed by atoms with Crippen molar-refractivity contribution >= 4 is 28.5 Å². The summed E-state index contributed by atoms with van der Waals surface area (Å²) < 4.78 is 30.5. The summed E-state index contributed by atoms with van der Waals surface area (Å²) in [5.41, 5.74) is 7.52. The van der Waals surface area contributed by atoms with Gasteiger partial charge >= 0.3 is 5.97 Å². The summed E-state index contributed by atoms with van der Waals surface area (Å²) >= 11 is 5.99. The van der Waals surface area contributed by atoms with Crippen LogP contribution in [0.2, 0.25) is 5.15 Å². The zero-order valence-electron chi connectivity index (χ0n) is 18.8. The van der Waals surface area contributed by atoms with Crippen LogP contribution in [-0.2, 0) is 17.8 Å². The number of halogens is 2. The monoisotopic (exact) mass is 496 g/mol. The number of rotatable bonds is 9. The zero-order valence-corrected chi connectivity index (χ0v) is 19.5. The first-order chi connectivity index (χ1) is 16.9. The van der Waals surface area contributed by atoms with Crippen molar-refractivity contribution < 1.29 is 23.4 Å². The zero-order chi connectivity index (χ0) is 24.8. The summed E-state index contributed by atoms with van der Waals surface area (Å²) in [4.78, 5) is 25.5. The molecule has 0 radical (unpaired) electrons. The minimum atomic E-state index is -0.668. The fourth-order valence-corrected chi connectivity index (χ4v) is 3.60. The van der Waals surface area contributed by atoms with E-state index in [4.69, 9.17) is 31.5 Å². The molecule has 1 atom stereocenters. The molecular formula is C25H22ClFN4O4. The van der Waals surface area contributed by atoms with Gasteiger partial charge < -0.3 is 19.9 Å². The summed E-state index contributed by atoms with van der Waals surface area (Å²) in [6, 6.07) is 14.6. The van der Waals surface area contributed by atoms with Crippen molar-refractivity contribution in [3.05, 3.63) is 88.7 Å². The third-order valence-corrected chi connectivity index (χ3v) is 5.23. The fraction of sp³-hybridized carbons (Fsp3) is 0.200. The maximum Gasteiger partial charge on any atom is 0.342 e. The molecule has 4 rings (SSSR count). The predicted octanol–water partition coefficient (Wildman–Crippen LogP) is 4.13. The summed E-state index contributed by atoms with van der Waals surface area (Å²) in [5.74, 6) is -0.352. The van der Waals surface area contributed by atoms with Crippen LogP contribution in [0.4, 0.5) is 4.39 Å². The molecule has 0 aliphatic carbocycles. The van der Waals surface area contributed by atoms with Crippen molar-refractivity contribution in [2.45, 2.75) is 19.1 Å². The number of hydrogen-bond donors (Lipinski definition) is 1. The lowest BCUT2D eigenvalue weighted by Crippen LogP contribution is -2.31. The average molecular weight is 497 g/mol. The largest absolute Gasteiger partial charge is 0.491 e. The topological polar surface area (TPSA) is 109 Å². The lowest BCUT2D eigenvalue weighted by atomic mass is 10.1. The van der Waals surface area contributed by atoms with Gasteiger partial charge in [-0.25, -0.2) is 14.2 Å². The van der Waals surface area contributed by atoms with Gasteiger partial charge in [-0.05, 0) is 23.8 Å². The summed E-state index contributed by atoms with van der Waals surface area (Å²) in [6.45, 7) is 0.0666. The van der Waals surface area contributed by atoms with Gasteiger partial charge in [0.15, 0.2) is 0 Å². The lowest BCUT2D eigenvalue weighted by Gasteiger charge is -2.16. The highest BCUT2D eigenvalue weighted by atomic mass is 35.5. The SMILES string of the molecule is COc1cc(Cl)nc(C[C@@H](N)COc2ccc3ncc(F)cc3c2C(=O)OCc2ccccc2)n1. The van der Waals surface area contributed by atoms with Crippen LogP contribution in [-0.4, -0.2) is 40.7 Å². The molecule has 0 saturated heterocycles. The van der Waals surface area contributed by atoms with E-state index in [-0.39, 0.29) is 41.5 Å². The van der Waals surface area contributed by atoms with Gasteiger partial charge in [-0.1, -0.05) is 41.9 Å². The van der Waals surface area contributed by atoms with Crippen molar-refractivity contribution in [3.63, 3.8) is 0 Å². The molecule has 2 heterocycles. The van der Waals surface area contributed by atoms with Crippen LogP contribution in [0.25, 0.3) is 10.9 Å². The number of carbonyl (C=O) groups is 1. The number of ether oxygens (including phenoxy) is 3. The minimum Gasteiger partial charge on any atom is -0.491 e. The first kappa shape index (κ1) is 24.3. The standard InChI is InChI=1S/C25H22ClFN4O4/c1-33-23-11-21(26)30-22(31-23)10-17(28)14-34-20-8-7-19-18(9-16(27)12-29-19)24(20)25(32)35-13-15-5-3-2-4-6-15/h2-9,11-12,17H,10,13-14,28H2,1H3/t17-/m1/s1. The van der Waals surface area contributed by atoms with E-state index < -0.39 is 17.8 Å². The van der Waals surface area contributed by atoms with E-state index in [0.29, 0.717) is 17.2 Å².